The molecule has 2 aromatic rings. The third-order valence-electron chi connectivity index (χ3n) is 10.3. The minimum Gasteiger partial charge on any atom is -0.726 e. The molecule has 0 unspecified atom stereocenters. The zero-order valence-electron chi connectivity index (χ0n) is 21.1. The molecule has 0 radical (unpaired) electrons. The normalized spacial score (nSPS) is 41.0. The van der Waals surface area contributed by atoms with Crippen molar-refractivity contribution in [1.82, 2.24) is 15.1 Å². The number of thioether (sulfide) groups is 1. The maximum Gasteiger partial charge on any atom is 0.363 e. The number of hydrogen-bond acceptors (Lipinski definition) is 6. The molecule has 0 aliphatic heterocycles. The van der Waals surface area contributed by atoms with Crippen molar-refractivity contribution in [2.45, 2.75) is 92.5 Å². The van der Waals surface area contributed by atoms with E-state index in [-0.39, 0.29) is 5.54 Å². The molecule has 0 spiro atoms. The number of nitrogens with zero attached hydrogens (tertiary/aromatic N) is 4. The van der Waals surface area contributed by atoms with Crippen LogP contribution < -0.4 is 4.68 Å². The Balaban J connectivity index is 0.000000426. The van der Waals surface area contributed by atoms with Gasteiger partial charge in [-0.2, -0.15) is 0 Å². The van der Waals surface area contributed by atoms with Crippen LogP contribution in [0, 0.1) is 35.5 Å². The highest BCUT2D eigenvalue weighted by molar-refractivity contribution is 8.00. The third kappa shape index (κ3) is 4.76. The third-order valence-corrected chi connectivity index (χ3v) is 11.6. The molecule has 1 aromatic carbocycles. The molecule has 8 nitrogen and oxygen atoms in total. The van der Waals surface area contributed by atoms with Crippen LogP contribution in [0.5, 0.6) is 0 Å². The first-order chi connectivity index (χ1) is 17.6. The van der Waals surface area contributed by atoms with E-state index in [1.165, 1.54) is 82.7 Å². The van der Waals surface area contributed by atoms with Crippen LogP contribution in [0.2, 0.25) is 0 Å². The number of aromatic nitrogens is 4. The smallest absolute Gasteiger partial charge is 0.363 e. The predicted molar refractivity (Wildman–Crippen MR) is 137 cm³/mol. The zero-order valence-corrected chi connectivity index (χ0v) is 22.7. The fourth-order valence-corrected chi connectivity index (χ4v) is 11.6. The lowest BCUT2D eigenvalue weighted by molar-refractivity contribution is -0.699. The van der Waals surface area contributed by atoms with Crippen LogP contribution in [0.15, 0.2) is 35.5 Å². The number of tetrazole rings is 1. The standard InChI is InChI=1S/C27H35N4S.H2O4S/c1-2-4-24(5-3-1)30-25(32-27-15-21-9-22(16-27)11-23(10-21)17-27)28-31(29-30)26-12-18-6-19(13-26)8-20(7-18)14-26;1-5(2,3)4/h1-5,18-23H,6-17H2;(H2,1,2,3,4)/q+1;/p-1. The Hall–Kier alpha value is -1.49. The molecule has 0 atom stereocenters. The van der Waals surface area contributed by atoms with Crippen molar-refractivity contribution in [2.75, 3.05) is 0 Å². The molecule has 1 heterocycles. The van der Waals surface area contributed by atoms with E-state index in [4.69, 9.17) is 27.8 Å². The first-order valence-electron chi connectivity index (χ1n) is 14.0. The number of benzene rings is 1. The first-order valence-corrected chi connectivity index (χ1v) is 16.1. The molecular formula is C27H36N4O4S2. The number of rotatable bonds is 4. The van der Waals surface area contributed by atoms with Gasteiger partial charge in [-0.15, -0.1) is 0 Å². The topological polar surface area (TPSA) is 112 Å². The monoisotopic (exact) mass is 544 g/mol. The minimum absolute atomic E-state index is 0.186. The Bertz CT molecular complexity index is 1200. The van der Waals surface area contributed by atoms with Gasteiger partial charge in [-0.05, 0) is 141 Å². The van der Waals surface area contributed by atoms with Crippen LogP contribution in [0.25, 0.3) is 5.69 Å². The van der Waals surface area contributed by atoms with Crippen molar-refractivity contribution >= 4 is 22.2 Å². The molecule has 1 aromatic heterocycles. The van der Waals surface area contributed by atoms with E-state index in [9.17, 15) is 0 Å². The van der Waals surface area contributed by atoms with Gasteiger partial charge in [0.15, 0.2) is 0 Å². The van der Waals surface area contributed by atoms with Gasteiger partial charge < -0.3 is 4.55 Å². The highest BCUT2D eigenvalue weighted by atomic mass is 32.3. The SMILES string of the molecule is O=S(=O)([O-])O.c1ccc(-[n+]2nn(C34CC5CC(CC(C5)C3)C4)nc2SC23CC4CC(CC(C4)C2)C3)cc1. The maximum absolute atomic E-state index is 8.63. The van der Waals surface area contributed by atoms with Gasteiger partial charge in [0.1, 0.15) is 11.2 Å². The second-order valence-corrected chi connectivity index (χ2v) is 15.5. The van der Waals surface area contributed by atoms with Gasteiger partial charge in [-0.25, -0.2) is 8.42 Å². The van der Waals surface area contributed by atoms with E-state index < -0.39 is 10.4 Å². The summed E-state index contributed by atoms with van der Waals surface area (Å²) in [6, 6.07) is 10.8. The summed E-state index contributed by atoms with van der Waals surface area (Å²) in [6.07, 6.45) is 17.0. The van der Waals surface area contributed by atoms with Crippen LogP contribution in [-0.2, 0) is 15.9 Å². The predicted octanol–water partition coefficient (Wildman–Crippen LogP) is 4.55. The Morgan fingerprint density at radius 1 is 0.838 bits per heavy atom. The van der Waals surface area contributed by atoms with Crippen molar-refractivity contribution in [3.8, 4) is 5.69 Å². The molecule has 10 rings (SSSR count). The summed E-state index contributed by atoms with van der Waals surface area (Å²) in [5.74, 6) is 5.65. The summed E-state index contributed by atoms with van der Waals surface area (Å²) in [6.45, 7) is 0. The zero-order chi connectivity index (χ0) is 25.4. The lowest BCUT2D eigenvalue weighted by Crippen LogP contribution is -2.53. The largest absolute Gasteiger partial charge is 0.726 e. The van der Waals surface area contributed by atoms with Crippen molar-refractivity contribution in [1.29, 1.82) is 0 Å². The molecule has 8 fully saturated rings. The summed E-state index contributed by atoms with van der Waals surface area (Å²) in [7, 11) is -4.92. The summed E-state index contributed by atoms with van der Waals surface area (Å²) in [5.41, 5.74) is 1.36. The second-order valence-electron chi connectivity index (χ2n) is 13.2. The van der Waals surface area contributed by atoms with Crippen LogP contribution >= 0.6 is 11.8 Å². The van der Waals surface area contributed by atoms with E-state index in [2.05, 4.69) is 51.6 Å². The molecule has 0 amide bonds. The van der Waals surface area contributed by atoms with Gasteiger partial charge in [0.25, 0.3) is 0 Å². The van der Waals surface area contributed by atoms with Gasteiger partial charge in [0.2, 0.25) is 10.4 Å². The van der Waals surface area contributed by atoms with E-state index >= 15 is 0 Å². The molecule has 10 heteroatoms. The Kier molecular flexibility index (Phi) is 5.81. The van der Waals surface area contributed by atoms with Crippen LogP contribution in [-0.4, -0.2) is 37.4 Å². The maximum atomic E-state index is 8.63. The fourth-order valence-electron chi connectivity index (χ4n) is 9.92. The van der Waals surface area contributed by atoms with Gasteiger partial charge in [0.05, 0.1) is 10.3 Å². The van der Waals surface area contributed by atoms with Crippen molar-refractivity contribution in [3.05, 3.63) is 30.3 Å². The molecule has 0 saturated heterocycles. The Morgan fingerprint density at radius 3 is 1.73 bits per heavy atom. The van der Waals surface area contributed by atoms with Crippen molar-refractivity contribution in [2.24, 2.45) is 35.5 Å². The first kappa shape index (κ1) is 24.5. The van der Waals surface area contributed by atoms with E-state index in [0.29, 0.717) is 4.75 Å². The highest BCUT2D eigenvalue weighted by Crippen LogP contribution is 2.62. The molecule has 8 bridgehead atoms. The van der Waals surface area contributed by atoms with E-state index in [1.807, 2.05) is 0 Å². The second kappa shape index (κ2) is 8.76. The average Bonchev–Trinajstić information content (AvgIpc) is 3.21. The fraction of sp³-hybridized carbons (Fsp3) is 0.741. The average molecular weight is 545 g/mol. The number of para-hydroxylation sites is 1. The molecule has 8 aliphatic carbocycles. The molecule has 200 valence electrons. The van der Waals surface area contributed by atoms with E-state index in [1.54, 1.807) is 0 Å². The molecule has 8 saturated carbocycles. The Morgan fingerprint density at radius 2 is 1.27 bits per heavy atom. The van der Waals surface area contributed by atoms with Crippen molar-refractivity contribution in [3.63, 3.8) is 0 Å². The van der Waals surface area contributed by atoms with Crippen LogP contribution in [0.4, 0.5) is 0 Å². The summed E-state index contributed by atoms with van der Waals surface area (Å²) >= 11 is 2.12. The number of hydrogen-bond donors (Lipinski definition) is 1. The lowest BCUT2D eigenvalue weighted by Gasteiger charge is -2.55. The summed E-state index contributed by atoms with van der Waals surface area (Å²) in [4.78, 5) is 2.24. The molecule has 37 heavy (non-hydrogen) atoms. The Labute approximate surface area is 223 Å². The lowest BCUT2D eigenvalue weighted by atomic mass is 9.53. The molecular weight excluding hydrogens is 508 g/mol. The van der Waals surface area contributed by atoms with Gasteiger partial charge in [0, 0.05) is 4.75 Å². The minimum atomic E-state index is -4.92. The summed E-state index contributed by atoms with van der Waals surface area (Å²) < 4.78 is 35.5. The van der Waals surface area contributed by atoms with Gasteiger partial charge in [-0.1, -0.05) is 22.9 Å². The molecule has 1 N–H and O–H groups in total. The van der Waals surface area contributed by atoms with Crippen molar-refractivity contribution < 1.29 is 22.2 Å². The van der Waals surface area contributed by atoms with E-state index in [0.717, 1.165) is 40.7 Å². The molecule has 8 aliphatic rings. The van der Waals surface area contributed by atoms with Gasteiger partial charge in [-0.3, -0.25) is 4.55 Å². The van der Waals surface area contributed by atoms with Crippen LogP contribution in [0.1, 0.15) is 77.0 Å². The highest BCUT2D eigenvalue weighted by Gasteiger charge is 2.58. The quantitative estimate of drug-likeness (QED) is 0.341. The summed E-state index contributed by atoms with van der Waals surface area (Å²) in [5, 5.41) is 11.8. The van der Waals surface area contributed by atoms with Gasteiger partial charge >= 0.3 is 5.16 Å². The van der Waals surface area contributed by atoms with Crippen LogP contribution in [0.3, 0.4) is 0 Å².